The van der Waals surface area contributed by atoms with Crippen LogP contribution in [0.1, 0.15) is 42.1 Å². The molecule has 0 aliphatic heterocycles. The molecule has 0 spiro atoms. The molecule has 0 bridgehead atoms. The van der Waals surface area contributed by atoms with Crippen LogP contribution in [-0.2, 0) is 0 Å². The van der Waals surface area contributed by atoms with Crippen LogP contribution in [0, 0.1) is 18.8 Å². The zero-order chi connectivity index (χ0) is 13.1. The van der Waals surface area contributed by atoms with Crippen LogP contribution in [0.25, 0.3) is 0 Å². The van der Waals surface area contributed by atoms with Crippen molar-refractivity contribution in [2.45, 2.75) is 33.1 Å². The summed E-state index contributed by atoms with van der Waals surface area (Å²) in [7, 11) is 0. The Morgan fingerprint density at radius 1 is 1.44 bits per heavy atom. The number of aryl methyl sites for hydroxylation is 1. The van der Waals surface area contributed by atoms with Gasteiger partial charge in [-0.25, -0.2) is 4.79 Å². The first-order valence-corrected chi connectivity index (χ1v) is 6.64. The van der Waals surface area contributed by atoms with Gasteiger partial charge in [0, 0.05) is 12.2 Å². The topological polar surface area (TPSA) is 49.3 Å². The molecule has 1 aromatic carbocycles. The molecule has 2 N–H and O–H groups in total. The van der Waals surface area contributed by atoms with Gasteiger partial charge in [-0.15, -0.1) is 0 Å². The third-order valence-electron chi connectivity index (χ3n) is 3.86. The number of hydrogen-bond donors (Lipinski definition) is 2. The molecule has 1 aromatic rings. The molecule has 2 atom stereocenters. The summed E-state index contributed by atoms with van der Waals surface area (Å²) < 4.78 is 0. The lowest BCUT2D eigenvalue weighted by Crippen LogP contribution is -2.12. The Morgan fingerprint density at radius 2 is 2.22 bits per heavy atom. The summed E-state index contributed by atoms with van der Waals surface area (Å²) in [6, 6.07) is 5.45. The van der Waals surface area contributed by atoms with Crippen molar-refractivity contribution in [2.24, 2.45) is 11.8 Å². The van der Waals surface area contributed by atoms with Gasteiger partial charge in [-0.2, -0.15) is 0 Å². The molecule has 0 radical (unpaired) electrons. The normalized spacial score (nSPS) is 23.0. The van der Waals surface area contributed by atoms with Crippen molar-refractivity contribution < 1.29 is 9.90 Å². The average molecular weight is 247 g/mol. The van der Waals surface area contributed by atoms with E-state index in [1.54, 1.807) is 6.07 Å². The third-order valence-corrected chi connectivity index (χ3v) is 3.86. The van der Waals surface area contributed by atoms with E-state index in [9.17, 15) is 4.79 Å². The van der Waals surface area contributed by atoms with E-state index in [1.807, 2.05) is 19.1 Å². The largest absolute Gasteiger partial charge is 0.478 e. The van der Waals surface area contributed by atoms with Gasteiger partial charge in [-0.1, -0.05) is 13.3 Å². The highest BCUT2D eigenvalue weighted by molar-refractivity contribution is 5.89. The van der Waals surface area contributed by atoms with Crippen LogP contribution in [-0.4, -0.2) is 17.6 Å². The highest BCUT2D eigenvalue weighted by Crippen LogP contribution is 2.30. The minimum atomic E-state index is -0.858. The monoisotopic (exact) mass is 247 g/mol. The Bertz CT molecular complexity index is 442. The molecule has 0 aromatic heterocycles. The summed E-state index contributed by atoms with van der Waals surface area (Å²) in [6.45, 7) is 5.15. The van der Waals surface area contributed by atoms with E-state index in [1.165, 1.54) is 19.3 Å². The van der Waals surface area contributed by atoms with E-state index in [4.69, 9.17) is 5.11 Å². The van der Waals surface area contributed by atoms with E-state index < -0.39 is 5.97 Å². The molecule has 2 rings (SSSR count). The first-order valence-electron chi connectivity index (χ1n) is 6.64. The fourth-order valence-corrected chi connectivity index (χ4v) is 2.79. The van der Waals surface area contributed by atoms with Crippen LogP contribution in [0.4, 0.5) is 5.69 Å². The molecule has 18 heavy (non-hydrogen) atoms. The maximum Gasteiger partial charge on any atom is 0.335 e. The lowest BCUT2D eigenvalue weighted by molar-refractivity contribution is 0.0696. The molecule has 1 fully saturated rings. The van der Waals surface area contributed by atoms with Gasteiger partial charge in [0.2, 0.25) is 0 Å². The number of carbonyl (C=O) groups is 1. The lowest BCUT2D eigenvalue weighted by atomic mass is 10.1. The molecule has 98 valence electrons. The summed E-state index contributed by atoms with van der Waals surface area (Å²) in [6.07, 6.45) is 3.95. The van der Waals surface area contributed by atoms with Crippen molar-refractivity contribution in [3.8, 4) is 0 Å². The molecule has 0 amide bonds. The van der Waals surface area contributed by atoms with E-state index in [2.05, 4.69) is 12.2 Å². The number of carboxylic acid groups (broad SMARTS) is 1. The Morgan fingerprint density at radius 3 is 2.78 bits per heavy atom. The molecular weight excluding hydrogens is 226 g/mol. The Balaban J connectivity index is 1.94. The lowest BCUT2D eigenvalue weighted by Gasteiger charge is -2.13. The summed E-state index contributed by atoms with van der Waals surface area (Å²) in [5.74, 6) is 0.760. The minimum Gasteiger partial charge on any atom is -0.478 e. The first-order chi connectivity index (χ1) is 8.56. The van der Waals surface area contributed by atoms with Crippen molar-refractivity contribution in [1.82, 2.24) is 0 Å². The fraction of sp³-hybridized carbons (Fsp3) is 0.533. The van der Waals surface area contributed by atoms with E-state index >= 15 is 0 Å². The molecule has 1 saturated carbocycles. The molecule has 1 aliphatic carbocycles. The minimum absolute atomic E-state index is 0.384. The standard InChI is InChI=1S/C15H21NO2/c1-10-3-4-12(7-10)9-16-13-5-6-14(15(17)18)11(2)8-13/h5-6,8,10,12,16H,3-4,7,9H2,1-2H3,(H,17,18). The number of anilines is 1. The van der Waals surface area contributed by atoms with Crippen molar-refractivity contribution >= 4 is 11.7 Å². The zero-order valence-corrected chi connectivity index (χ0v) is 11.1. The van der Waals surface area contributed by atoms with Crippen LogP contribution in [0.2, 0.25) is 0 Å². The number of carboxylic acids is 1. The third kappa shape index (κ3) is 3.03. The van der Waals surface area contributed by atoms with E-state index in [0.29, 0.717) is 5.56 Å². The summed E-state index contributed by atoms with van der Waals surface area (Å²) in [5, 5.41) is 12.4. The number of nitrogens with one attached hydrogen (secondary N) is 1. The molecule has 2 unspecified atom stereocenters. The Kier molecular flexibility index (Phi) is 3.90. The summed E-state index contributed by atoms with van der Waals surface area (Å²) >= 11 is 0. The second-order valence-electron chi connectivity index (χ2n) is 5.50. The van der Waals surface area contributed by atoms with Crippen molar-refractivity contribution in [3.05, 3.63) is 29.3 Å². The number of rotatable bonds is 4. The predicted molar refractivity (Wildman–Crippen MR) is 73.1 cm³/mol. The number of hydrogen-bond acceptors (Lipinski definition) is 2. The molecule has 3 heteroatoms. The van der Waals surface area contributed by atoms with Crippen LogP contribution < -0.4 is 5.32 Å². The summed E-state index contributed by atoms with van der Waals surface area (Å²) in [5.41, 5.74) is 2.22. The van der Waals surface area contributed by atoms with Crippen molar-refractivity contribution in [2.75, 3.05) is 11.9 Å². The van der Waals surface area contributed by atoms with Gasteiger partial charge in [0.05, 0.1) is 5.56 Å². The maximum absolute atomic E-state index is 10.9. The predicted octanol–water partition coefficient (Wildman–Crippen LogP) is 3.54. The van der Waals surface area contributed by atoms with E-state index in [-0.39, 0.29) is 0 Å². The van der Waals surface area contributed by atoms with Crippen LogP contribution >= 0.6 is 0 Å². The maximum atomic E-state index is 10.9. The fourth-order valence-electron chi connectivity index (χ4n) is 2.79. The average Bonchev–Trinajstić information content (AvgIpc) is 2.72. The molecular formula is C15H21NO2. The SMILES string of the molecule is Cc1cc(NCC2CCC(C)C2)ccc1C(=O)O. The van der Waals surface area contributed by atoms with Crippen LogP contribution in [0.5, 0.6) is 0 Å². The molecule has 0 saturated heterocycles. The van der Waals surface area contributed by atoms with Gasteiger partial charge in [0.25, 0.3) is 0 Å². The van der Waals surface area contributed by atoms with Crippen molar-refractivity contribution in [1.29, 1.82) is 0 Å². The Labute approximate surface area is 108 Å². The van der Waals surface area contributed by atoms with Gasteiger partial charge >= 0.3 is 5.97 Å². The van der Waals surface area contributed by atoms with Gasteiger partial charge in [0.15, 0.2) is 0 Å². The van der Waals surface area contributed by atoms with Gasteiger partial charge in [-0.3, -0.25) is 0 Å². The highest BCUT2D eigenvalue weighted by Gasteiger charge is 2.20. The Hall–Kier alpha value is -1.51. The van der Waals surface area contributed by atoms with Crippen LogP contribution in [0.3, 0.4) is 0 Å². The number of benzene rings is 1. The quantitative estimate of drug-likeness (QED) is 0.855. The first kappa shape index (κ1) is 12.9. The van der Waals surface area contributed by atoms with Gasteiger partial charge in [0.1, 0.15) is 0 Å². The second kappa shape index (κ2) is 5.42. The summed E-state index contributed by atoms with van der Waals surface area (Å²) in [4.78, 5) is 10.9. The highest BCUT2D eigenvalue weighted by atomic mass is 16.4. The number of aromatic carboxylic acids is 1. The second-order valence-corrected chi connectivity index (χ2v) is 5.50. The van der Waals surface area contributed by atoms with E-state index in [0.717, 1.165) is 29.6 Å². The van der Waals surface area contributed by atoms with Crippen LogP contribution in [0.15, 0.2) is 18.2 Å². The van der Waals surface area contributed by atoms with Gasteiger partial charge < -0.3 is 10.4 Å². The smallest absolute Gasteiger partial charge is 0.335 e. The molecule has 1 aliphatic rings. The van der Waals surface area contributed by atoms with Gasteiger partial charge in [-0.05, 0) is 55.4 Å². The molecule has 3 nitrogen and oxygen atoms in total. The molecule has 0 heterocycles. The van der Waals surface area contributed by atoms with Crippen molar-refractivity contribution in [3.63, 3.8) is 0 Å². The zero-order valence-electron chi connectivity index (χ0n) is 11.1.